The third-order valence-corrected chi connectivity index (χ3v) is 6.70. The van der Waals surface area contributed by atoms with Gasteiger partial charge in [0, 0.05) is 13.5 Å². The predicted molar refractivity (Wildman–Crippen MR) is 125 cm³/mol. The molecule has 178 valence electrons. The Bertz CT molecular complexity index is 1020. The maximum absolute atomic E-state index is 13.1. The second-order valence-corrected chi connectivity index (χ2v) is 9.30. The molecule has 0 aromatic heterocycles. The van der Waals surface area contributed by atoms with Crippen LogP contribution in [0.15, 0.2) is 36.4 Å². The van der Waals surface area contributed by atoms with Gasteiger partial charge in [-0.05, 0) is 67.5 Å². The van der Waals surface area contributed by atoms with Crippen LogP contribution in [0.25, 0.3) is 10.8 Å². The minimum atomic E-state index is -1.25. The van der Waals surface area contributed by atoms with Crippen molar-refractivity contribution >= 4 is 28.7 Å². The normalized spacial score (nSPS) is 15.3. The van der Waals surface area contributed by atoms with Crippen LogP contribution in [0.2, 0.25) is 0 Å². The molecule has 2 amide bonds. The molecule has 2 aromatic carbocycles. The van der Waals surface area contributed by atoms with Gasteiger partial charge in [0.2, 0.25) is 5.91 Å². The summed E-state index contributed by atoms with van der Waals surface area (Å²) in [5.74, 6) is -0.755. The van der Waals surface area contributed by atoms with Crippen LogP contribution in [0.3, 0.4) is 0 Å². The lowest BCUT2D eigenvalue weighted by atomic mass is 9.78. The van der Waals surface area contributed by atoms with Gasteiger partial charge in [0.05, 0.1) is 12.5 Å². The van der Waals surface area contributed by atoms with Crippen molar-refractivity contribution < 1.29 is 29.0 Å². The summed E-state index contributed by atoms with van der Waals surface area (Å²) in [4.78, 5) is 38.4. The third-order valence-electron chi connectivity index (χ3n) is 6.70. The monoisotopic (exact) mass is 455 g/mol. The minimum absolute atomic E-state index is 0.0283. The molecule has 0 heterocycles. The zero-order chi connectivity index (χ0) is 24.2. The molecule has 1 fully saturated rings. The molecule has 3 rings (SSSR count). The first kappa shape index (κ1) is 24.6. The van der Waals surface area contributed by atoms with Gasteiger partial charge in [0.25, 0.3) is 0 Å². The molecule has 7 heteroatoms. The van der Waals surface area contributed by atoms with Crippen molar-refractivity contribution in [1.29, 1.82) is 0 Å². The van der Waals surface area contributed by atoms with Gasteiger partial charge in [0.15, 0.2) is 0 Å². The number of carbonyl (C=O) groups is 3. The van der Waals surface area contributed by atoms with Crippen molar-refractivity contribution in [2.45, 2.75) is 59.0 Å². The Morgan fingerprint density at radius 2 is 1.85 bits per heavy atom. The fourth-order valence-electron chi connectivity index (χ4n) is 4.66. The smallest absolute Gasteiger partial charge is 0.416 e. The van der Waals surface area contributed by atoms with E-state index in [4.69, 9.17) is 9.47 Å². The van der Waals surface area contributed by atoms with Crippen LogP contribution in [0.5, 0.6) is 5.75 Å². The third kappa shape index (κ3) is 5.46. The summed E-state index contributed by atoms with van der Waals surface area (Å²) in [7, 11) is 1.61. The maximum Gasteiger partial charge on any atom is 0.416 e. The number of amides is 2. The van der Waals surface area contributed by atoms with Crippen molar-refractivity contribution in [3.63, 3.8) is 0 Å². The molecule has 0 spiro atoms. The molecule has 1 N–H and O–H groups in total. The number of carboxylic acids is 1. The van der Waals surface area contributed by atoms with Gasteiger partial charge in [-0.2, -0.15) is 0 Å². The van der Waals surface area contributed by atoms with E-state index in [1.54, 1.807) is 21.0 Å². The largest absolute Gasteiger partial charge is 0.497 e. The van der Waals surface area contributed by atoms with Gasteiger partial charge in [0.1, 0.15) is 11.9 Å². The molecule has 1 unspecified atom stereocenters. The number of rotatable bonds is 8. The van der Waals surface area contributed by atoms with Crippen LogP contribution in [0.1, 0.15) is 52.0 Å². The summed E-state index contributed by atoms with van der Waals surface area (Å²) in [6.45, 7) is 4.61. The number of imide groups is 1. The number of methoxy groups -OCH3 is 1. The van der Waals surface area contributed by atoms with E-state index in [0.717, 1.165) is 52.7 Å². The van der Waals surface area contributed by atoms with E-state index in [9.17, 15) is 19.5 Å². The molecule has 2 aromatic rings. The molecule has 0 aliphatic heterocycles. The summed E-state index contributed by atoms with van der Waals surface area (Å²) in [5, 5.41) is 11.8. The van der Waals surface area contributed by atoms with Crippen LogP contribution in [0, 0.1) is 11.3 Å². The molecule has 0 bridgehead atoms. The van der Waals surface area contributed by atoms with Gasteiger partial charge in [-0.15, -0.1) is 0 Å². The zero-order valence-corrected chi connectivity index (χ0v) is 19.8. The highest BCUT2D eigenvalue weighted by Gasteiger charge is 2.45. The van der Waals surface area contributed by atoms with Crippen LogP contribution in [-0.4, -0.2) is 47.7 Å². The van der Waals surface area contributed by atoms with E-state index in [1.165, 1.54) is 6.92 Å². The number of aliphatic carboxylic acids is 1. The first-order valence-electron chi connectivity index (χ1n) is 11.4. The molecule has 1 atom stereocenters. The van der Waals surface area contributed by atoms with Crippen LogP contribution >= 0.6 is 0 Å². The topological polar surface area (TPSA) is 93.1 Å². The zero-order valence-electron chi connectivity index (χ0n) is 19.8. The van der Waals surface area contributed by atoms with Gasteiger partial charge < -0.3 is 14.6 Å². The second kappa shape index (κ2) is 10.2. The van der Waals surface area contributed by atoms with E-state index >= 15 is 0 Å². The molecule has 1 aliphatic rings. The molecule has 33 heavy (non-hydrogen) atoms. The lowest BCUT2D eigenvalue weighted by Gasteiger charge is -2.35. The molecular weight excluding hydrogens is 422 g/mol. The summed E-state index contributed by atoms with van der Waals surface area (Å²) in [6, 6.07) is 11.7. The SMILES string of the molecule is COc1ccc2cccc(CCN(C(C)=O)C(=O)OC(C3CCCC3)C(C)(C)C(=O)O)c2c1. The lowest BCUT2D eigenvalue weighted by molar-refractivity contribution is -0.156. The average molecular weight is 456 g/mol. The molecule has 0 saturated heterocycles. The lowest BCUT2D eigenvalue weighted by Crippen LogP contribution is -2.48. The number of nitrogens with zero attached hydrogens (tertiary/aromatic N) is 1. The predicted octanol–water partition coefficient (Wildman–Crippen LogP) is 5.05. The molecule has 0 radical (unpaired) electrons. The number of carboxylic acid groups (broad SMARTS) is 1. The van der Waals surface area contributed by atoms with E-state index in [1.807, 2.05) is 36.4 Å². The van der Waals surface area contributed by atoms with Gasteiger partial charge >= 0.3 is 12.1 Å². The summed E-state index contributed by atoms with van der Waals surface area (Å²) < 4.78 is 11.1. The van der Waals surface area contributed by atoms with E-state index in [0.29, 0.717) is 6.42 Å². The van der Waals surface area contributed by atoms with Crippen LogP contribution < -0.4 is 4.74 Å². The number of ether oxygens (including phenoxy) is 2. The number of fused-ring (bicyclic) bond motifs is 1. The highest BCUT2D eigenvalue weighted by atomic mass is 16.6. The number of benzene rings is 2. The Morgan fingerprint density at radius 3 is 2.45 bits per heavy atom. The van der Waals surface area contributed by atoms with E-state index in [2.05, 4.69) is 0 Å². The van der Waals surface area contributed by atoms with Crippen molar-refractivity contribution in [2.75, 3.05) is 13.7 Å². The van der Waals surface area contributed by atoms with Gasteiger partial charge in [-0.1, -0.05) is 37.1 Å². The van der Waals surface area contributed by atoms with Crippen molar-refractivity contribution in [1.82, 2.24) is 4.90 Å². The maximum atomic E-state index is 13.1. The average Bonchev–Trinajstić information content (AvgIpc) is 3.31. The summed E-state index contributed by atoms with van der Waals surface area (Å²) in [5.41, 5.74) is -0.275. The van der Waals surface area contributed by atoms with Gasteiger partial charge in [-0.25, -0.2) is 9.69 Å². The fraction of sp³-hybridized carbons (Fsp3) is 0.500. The van der Waals surface area contributed by atoms with Crippen LogP contribution in [0.4, 0.5) is 4.79 Å². The Hall–Kier alpha value is -3.09. The van der Waals surface area contributed by atoms with Crippen molar-refractivity contribution in [3.8, 4) is 5.75 Å². The Kier molecular flexibility index (Phi) is 7.61. The molecular formula is C26H33NO6. The fourth-order valence-corrected chi connectivity index (χ4v) is 4.66. The second-order valence-electron chi connectivity index (χ2n) is 9.30. The first-order valence-corrected chi connectivity index (χ1v) is 11.4. The number of hydrogen-bond acceptors (Lipinski definition) is 5. The quantitative estimate of drug-likeness (QED) is 0.599. The van der Waals surface area contributed by atoms with Crippen molar-refractivity contribution in [3.05, 3.63) is 42.0 Å². The minimum Gasteiger partial charge on any atom is -0.497 e. The summed E-state index contributed by atoms with van der Waals surface area (Å²) in [6.07, 6.45) is 2.44. The first-order chi connectivity index (χ1) is 15.6. The highest BCUT2D eigenvalue weighted by molar-refractivity contribution is 5.91. The highest BCUT2D eigenvalue weighted by Crippen LogP contribution is 2.38. The Morgan fingerprint density at radius 1 is 1.15 bits per heavy atom. The van der Waals surface area contributed by atoms with Crippen molar-refractivity contribution in [2.24, 2.45) is 11.3 Å². The van der Waals surface area contributed by atoms with Gasteiger partial charge in [-0.3, -0.25) is 9.59 Å². The molecule has 7 nitrogen and oxygen atoms in total. The standard InChI is InChI=1S/C26H33NO6/c1-17(28)27(15-14-19-11-7-10-18-12-13-21(32-4)16-22(18)19)25(31)33-23(20-8-5-6-9-20)26(2,3)24(29)30/h7,10-13,16,20,23H,5-6,8-9,14-15H2,1-4H3,(H,29,30). The molecule has 1 saturated carbocycles. The Labute approximate surface area is 194 Å². The number of hydrogen-bond donors (Lipinski definition) is 1. The van der Waals surface area contributed by atoms with E-state index < -0.39 is 29.5 Å². The summed E-state index contributed by atoms with van der Waals surface area (Å²) >= 11 is 0. The number of carbonyl (C=O) groups excluding carboxylic acids is 2. The Balaban J connectivity index is 1.80. The molecule has 1 aliphatic carbocycles. The van der Waals surface area contributed by atoms with E-state index in [-0.39, 0.29) is 12.5 Å². The van der Waals surface area contributed by atoms with Crippen LogP contribution in [-0.2, 0) is 20.7 Å².